The normalized spacial score (nSPS) is 16.3. The molecule has 15 heavy (non-hydrogen) atoms. The maximum Gasteiger partial charge on any atom is 0.163 e. The van der Waals surface area contributed by atoms with Crippen LogP contribution in [0.25, 0.3) is 0 Å². The van der Waals surface area contributed by atoms with Crippen LogP contribution in [-0.4, -0.2) is 23.6 Å². The van der Waals surface area contributed by atoms with Crippen LogP contribution in [0.2, 0.25) is 0 Å². The lowest BCUT2D eigenvalue weighted by molar-refractivity contribution is 0.0994. The molecule has 1 aliphatic rings. The summed E-state index contributed by atoms with van der Waals surface area (Å²) in [5.74, 6) is 0.923. The van der Waals surface area contributed by atoms with E-state index in [-0.39, 0.29) is 12.4 Å². The van der Waals surface area contributed by atoms with E-state index in [0.29, 0.717) is 6.42 Å². The fourth-order valence-electron chi connectivity index (χ4n) is 1.80. The highest BCUT2D eigenvalue weighted by molar-refractivity contribution is 6.01. The maximum atomic E-state index is 11.5. The Bertz CT molecular complexity index is 382. The third-order valence-corrected chi connectivity index (χ3v) is 2.52. The minimum atomic E-state index is -0.488. The molecule has 1 atom stereocenters. The van der Waals surface area contributed by atoms with Crippen molar-refractivity contribution in [1.82, 2.24) is 0 Å². The Hall–Kier alpha value is -1.35. The molecular weight excluding hydrogens is 192 g/mol. The van der Waals surface area contributed by atoms with Crippen LogP contribution in [-0.2, 0) is 6.42 Å². The van der Waals surface area contributed by atoms with E-state index in [2.05, 4.69) is 0 Å². The van der Waals surface area contributed by atoms with Crippen LogP contribution in [0, 0.1) is 0 Å². The molecule has 1 unspecified atom stereocenters. The smallest absolute Gasteiger partial charge is 0.163 e. The van der Waals surface area contributed by atoms with E-state index in [4.69, 9.17) is 9.84 Å². The molecule has 0 radical (unpaired) electrons. The summed E-state index contributed by atoms with van der Waals surface area (Å²) in [6.45, 7) is 1.94. The third kappa shape index (κ3) is 2.02. The number of carbonyl (C=O) groups excluding carboxylic acids is 1. The molecule has 0 heterocycles. The van der Waals surface area contributed by atoms with Gasteiger partial charge in [-0.15, -0.1) is 0 Å². The highest BCUT2D eigenvalue weighted by Crippen LogP contribution is 2.30. The zero-order valence-corrected chi connectivity index (χ0v) is 8.69. The molecule has 0 amide bonds. The van der Waals surface area contributed by atoms with Crippen molar-refractivity contribution in [2.24, 2.45) is 0 Å². The van der Waals surface area contributed by atoms with E-state index in [1.165, 1.54) is 0 Å². The van der Waals surface area contributed by atoms with Gasteiger partial charge in [0.1, 0.15) is 12.4 Å². The Morgan fingerprint density at radius 3 is 3.00 bits per heavy atom. The highest BCUT2D eigenvalue weighted by atomic mass is 16.5. The molecule has 0 aliphatic heterocycles. The van der Waals surface area contributed by atoms with Gasteiger partial charge < -0.3 is 9.84 Å². The first-order chi connectivity index (χ1) is 7.18. The Kier molecular flexibility index (Phi) is 2.73. The molecule has 0 saturated carbocycles. The van der Waals surface area contributed by atoms with Crippen LogP contribution < -0.4 is 4.74 Å². The number of ketones is 1. The average Bonchev–Trinajstić information content (AvgIpc) is 2.58. The molecule has 0 spiro atoms. The number of hydrogen-bond donors (Lipinski definition) is 1. The molecule has 1 N–H and O–H groups in total. The minimum Gasteiger partial charge on any atom is -0.491 e. The van der Waals surface area contributed by atoms with Crippen molar-refractivity contribution in [1.29, 1.82) is 0 Å². The summed E-state index contributed by atoms with van der Waals surface area (Å²) >= 11 is 0. The number of ether oxygens (including phenoxy) is 1. The van der Waals surface area contributed by atoms with Crippen molar-refractivity contribution < 1.29 is 14.6 Å². The van der Waals surface area contributed by atoms with Crippen LogP contribution in [0.1, 0.15) is 29.3 Å². The second-order valence-electron chi connectivity index (χ2n) is 3.87. The quantitative estimate of drug-likeness (QED) is 0.816. The molecule has 80 valence electrons. The average molecular weight is 206 g/mol. The number of benzene rings is 1. The molecule has 1 aromatic rings. The first-order valence-corrected chi connectivity index (χ1v) is 5.14. The lowest BCUT2D eigenvalue weighted by Gasteiger charge is -2.11. The fraction of sp³-hybridized carbons (Fsp3) is 0.417. The maximum absolute atomic E-state index is 11.5. The van der Waals surface area contributed by atoms with E-state index in [0.717, 1.165) is 23.3 Å². The van der Waals surface area contributed by atoms with E-state index in [9.17, 15) is 4.79 Å². The fourth-order valence-corrected chi connectivity index (χ4v) is 1.80. The number of hydrogen-bond acceptors (Lipinski definition) is 3. The summed E-state index contributed by atoms with van der Waals surface area (Å²) < 4.78 is 5.46. The molecule has 0 fully saturated rings. The standard InChI is InChI=1S/C12H14O3/c1-8(13)7-15-12-4-2-3-9-10(12)5-6-11(9)14/h2-4,8,13H,5-7H2,1H3. The summed E-state index contributed by atoms with van der Waals surface area (Å²) in [5.41, 5.74) is 1.77. The van der Waals surface area contributed by atoms with Gasteiger partial charge in [-0.2, -0.15) is 0 Å². The Balaban J connectivity index is 2.22. The summed E-state index contributed by atoms with van der Waals surface area (Å²) in [6.07, 6.45) is 0.840. The first kappa shape index (κ1) is 10.2. The van der Waals surface area contributed by atoms with Gasteiger partial charge in [-0.3, -0.25) is 4.79 Å². The number of fused-ring (bicyclic) bond motifs is 1. The Morgan fingerprint density at radius 2 is 2.27 bits per heavy atom. The first-order valence-electron chi connectivity index (χ1n) is 5.14. The monoisotopic (exact) mass is 206 g/mol. The number of aliphatic hydroxyl groups is 1. The second-order valence-corrected chi connectivity index (χ2v) is 3.87. The molecule has 1 aromatic carbocycles. The number of rotatable bonds is 3. The van der Waals surface area contributed by atoms with Crippen LogP contribution in [0.5, 0.6) is 5.75 Å². The zero-order valence-electron chi connectivity index (χ0n) is 8.69. The van der Waals surface area contributed by atoms with Gasteiger partial charge in [0.25, 0.3) is 0 Å². The van der Waals surface area contributed by atoms with Crippen molar-refractivity contribution in [3.8, 4) is 5.75 Å². The molecule has 0 saturated heterocycles. The second kappa shape index (κ2) is 4.03. The summed E-state index contributed by atoms with van der Waals surface area (Å²) in [6, 6.07) is 5.50. The van der Waals surface area contributed by atoms with Crippen LogP contribution in [0.15, 0.2) is 18.2 Å². The van der Waals surface area contributed by atoms with E-state index < -0.39 is 6.10 Å². The van der Waals surface area contributed by atoms with Gasteiger partial charge in [-0.1, -0.05) is 12.1 Å². The van der Waals surface area contributed by atoms with E-state index in [1.807, 2.05) is 18.2 Å². The van der Waals surface area contributed by atoms with Gasteiger partial charge in [0.05, 0.1) is 6.10 Å². The zero-order chi connectivity index (χ0) is 10.8. The number of aliphatic hydroxyl groups excluding tert-OH is 1. The predicted molar refractivity (Wildman–Crippen MR) is 56.3 cm³/mol. The van der Waals surface area contributed by atoms with Crippen LogP contribution in [0.4, 0.5) is 0 Å². The minimum absolute atomic E-state index is 0.187. The predicted octanol–water partition coefficient (Wildman–Crippen LogP) is 1.58. The molecular formula is C12H14O3. The molecule has 2 rings (SSSR count). The Labute approximate surface area is 88.7 Å². The van der Waals surface area contributed by atoms with E-state index >= 15 is 0 Å². The highest BCUT2D eigenvalue weighted by Gasteiger charge is 2.22. The van der Waals surface area contributed by atoms with Gasteiger partial charge >= 0.3 is 0 Å². The third-order valence-electron chi connectivity index (χ3n) is 2.52. The lowest BCUT2D eigenvalue weighted by atomic mass is 10.1. The van der Waals surface area contributed by atoms with Crippen molar-refractivity contribution in [2.75, 3.05) is 6.61 Å². The summed E-state index contributed by atoms with van der Waals surface area (Å²) in [4.78, 5) is 11.5. The lowest BCUT2D eigenvalue weighted by Crippen LogP contribution is -2.13. The summed E-state index contributed by atoms with van der Waals surface area (Å²) in [7, 11) is 0. The van der Waals surface area contributed by atoms with Gasteiger partial charge in [0.15, 0.2) is 5.78 Å². The SMILES string of the molecule is CC(O)COc1cccc2c1CCC2=O. The Morgan fingerprint density at radius 1 is 1.47 bits per heavy atom. The number of Topliss-reactive ketones (excluding diaryl/α,β-unsaturated/α-hetero) is 1. The van der Waals surface area contributed by atoms with Gasteiger partial charge in [0, 0.05) is 17.5 Å². The van der Waals surface area contributed by atoms with Gasteiger partial charge in [0.2, 0.25) is 0 Å². The molecule has 0 bridgehead atoms. The summed E-state index contributed by atoms with van der Waals surface area (Å²) in [5, 5.41) is 9.12. The van der Waals surface area contributed by atoms with Crippen LogP contribution >= 0.6 is 0 Å². The largest absolute Gasteiger partial charge is 0.491 e. The molecule has 3 nitrogen and oxygen atoms in total. The molecule has 1 aliphatic carbocycles. The van der Waals surface area contributed by atoms with Crippen molar-refractivity contribution in [3.05, 3.63) is 29.3 Å². The van der Waals surface area contributed by atoms with Crippen LogP contribution in [0.3, 0.4) is 0 Å². The molecule has 0 aromatic heterocycles. The van der Waals surface area contributed by atoms with Gasteiger partial charge in [-0.05, 0) is 19.4 Å². The van der Waals surface area contributed by atoms with Crippen molar-refractivity contribution in [3.63, 3.8) is 0 Å². The van der Waals surface area contributed by atoms with Crippen molar-refractivity contribution in [2.45, 2.75) is 25.9 Å². The molecule has 3 heteroatoms. The van der Waals surface area contributed by atoms with E-state index in [1.54, 1.807) is 6.92 Å². The topological polar surface area (TPSA) is 46.5 Å². The van der Waals surface area contributed by atoms with Gasteiger partial charge in [-0.25, -0.2) is 0 Å². The van der Waals surface area contributed by atoms with Crippen molar-refractivity contribution >= 4 is 5.78 Å². The number of carbonyl (C=O) groups is 1.